The van der Waals surface area contributed by atoms with E-state index in [0.29, 0.717) is 10.6 Å². The molecule has 100 valence electrons. The quantitative estimate of drug-likeness (QED) is 0.664. The highest BCUT2D eigenvalue weighted by molar-refractivity contribution is 6.30. The summed E-state index contributed by atoms with van der Waals surface area (Å²) in [5, 5.41) is 0.633. The average molecular weight is 279 g/mol. The third-order valence-electron chi connectivity index (χ3n) is 3.25. The van der Waals surface area contributed by atoms with E-state index in [1.807, 2.05) is 31.2 Å². The predicted molar refractivity (Wildman–Crippen MR) is 76.5 cm³/mol. The Bertz CT molecular complexity index is 599. The molecule has 3 N–H and O–H groups in total. The second-order valence-electron chi connectivity index (χ2n) is 4.61. The van der Waals surface area contributed by atoms with Gasteiger partial charge in [-0.15, -0.1) is 0 Å². The monoisotopic (exact) mass is 278 g/mol. The molecule has 2 aromatic carbocycles. The highest BCUT2D eigenvalue weighted by atomic mass is 35.5. The lowest BCUT2D eigenvalue weighted by Crippen LogP contribution is -2.29. The molecule has 0 saturated heterocycles. The maximum Gasteiger partial charge on any atom is 0.126 e. The summed E-state index contributed by atoms with van der Waals surface area (Å²) < 4.78 is 13.7. The largest absolute Gasteiger partial charge is 0.271 e. The lowest BCUT2D eigenvalue weighted by Gasteiger charge is -2.19. The van der Waals surface area contributed by atoms with Gasteiger partial charge in [-0.1, -0.05) is 29.8 Å². The minimum atomic E-state index is -0.284. The summed E-state index contributed by atoms with van der Waals surface area (Å²) in [6.45, 7) is 3.70. The van der Waals surface area contributed by atoms with Crippen molar-refractivity contribution in [3.05, 3.63) is 69.5 Å². The zero-order valence-corrected chi connectivity index (χ0v) is 11.6. The van der Waals surface area contributed by atoms with Crippen LogP contribution in [-0.4, -0.2) is 0 Å². The fourth-order valence-electron chi connectivity index (χ4n) is 2.08. The Labute approximate surface area is 117 Å². The Morgan fingerprint density at radius 3 is 2.42 bits per heavy atom. The van der Waals surface area contributed by atoms with Gasteiger partial charge in [0.1, 0.15) is 5.82 Å². The number of rotatable bonds is 3. The Morgan fingerprint density at radius 1 is 1.11 bits per heavy atom. The molecule has 0 saturated carbocycles. The molecule has 0 aromatic heterocycles. The molecular weight excluding hydrogens is 263 g/mol. The number of halogens is 2. The molecule has 0 spiro atoms. The van der Waals surface area contributed by atoms with E-state index in [2.05, 4.69) is 5.43 Å². The van der Waals surface area contributed by atoms with Crippen molar-refractivity contribution >= 4 is 11.6 Å². The van der Waals surface area contributed by atoms with Crippen LogP contribution in [0.2, 0.25) is 5.02 Å². The number of hydrogen-bond acceptors (Lipinski definition) is 2. The van der Waals surface area contributed by atoms with E-state index >= 15 is 0 Å². The Morgan fingerprint density at radius 2 is 1.79 bits per heavy atom. The van der Waals surface area contributed by atoms with Crippen LogP contribution < -0.4 is 11.3 Å². The van der Waals surface area contributed by atoms with Crippen molar-refractivity contribution in [2.75, 3.05) is 0 Å². The van der Waals surface area contributed by atoms with Crippen molar-refractivity contribution in [1.82, 2.24) is 5.43 Å². The van der Waals surface area contributed by atoms with Crippen LogP contribution in [0.1, 0.15) is 28.3 Å². The van der Waals surface area contributed by atoms with Crippen LogP contribution in [0.15, 0.2) is 36.4 Å². The third kappa shape index (κ3) is 2.95. The summed E-state index contributed by atoms with van der Waals surface area (Å²) >= 11 is 6.02. The standard InChI is InChI=1S/C15H16ClFN2/c1-9-4-6-12(16)8-13(9)15(19-18)11-5-3-10(2)14(17)7-11/h3-8,15,19H,18H2,1-2H3. The van der Waals surface area contributed by atoms with Gasteiger partial charge in [0.2, 0.25) is 0 Å². The molecule has 19 heavy (non-hydrogen) atoms. The molecule has 1 atom stereocenters. The van der Waals surface area contributed by atoms with E-state index in [0.717, 1.165) is 16.7 Å². The molecule has 2 aromatic rings. The van der Waals surface area contributed by atoms with Gasteiger partial charge in [-0.3, -0.25) is 5.84 Å². The molecule has 0 aliphatic rings. The van der Waals surface area contributed by atoms with E-state index in [-0.39, 0.29) is 11.9 Å². The van der Waals surface area contributed by atoms with Gasteiger partial charge >= 0.3 is 0 Å². The Balaban J connectivity index is 2.49. The fourth-order valence-corrected chi connectivity index (χ4v) is 2.26. The minimum Gasteiger partial charge on any atom is -0.271 e. The van der Waals surface area contributed by atoms with Crippen molar-refractivity contribution in [3.8, 4) is 0 Å². The van der Waals surface area contributed by atoms with Gasteiger partial charge < -0.3 is 0 Å². The predicted octanol–water partition coefficient (Wildman–Crippen LogP) is 3.65. The zero-order valence-electron chi connectivity index (χ0n) is 10.9. The highest BCUT2D eigenvalue weighted by Crippen LogP contribution is 2.27. The average Bonchev–Trinajstić information content (AvgIpc) is 2.38. The van der Waals surface area contributed by atoms with Crippen molar-refractivity contribution in [1.29, 1.82) is 0 Å². The van der Waals surface area contributed by atoms with Gasteiger partial charge in [0.15, 0.2) is 0 Å². The van der Waals surface area contributed by atoms with Crippen molar-refractivity contribution in [2.24, 2.45) is 5.84 Å². The maximum absolute atomic E-state index is 13.7. The number of hydrazine groups is 1. The van der Waals surface area contributed by atoms with Gasteiger partial charge in [0.05, 0.1) is 6.04 Å². The van der Waals surface area contributed by atoms with E-state index in [9.17, 15) is 4.39 Å². The van der Waals surface area contributed by atoms with Crippen LogP contribution in [0.3, 0.4) is 0 Å². The number of nitrogens with one attached hydrogen (secondary N) is 1. The van der Waals surface area contributed by atoms with Gasteiger partial charge in [-0.05, 0) is 54.3 Å². The number of hydrogen-bond donors (Lipinski definition) is 2. The molecule has 0 aliphatic heterocycles. The topological polar surface area (TPSA) is 38.0 Å². The SMILES string of the molecule is Cc1ccc(C(NN)c2cc(Cl)ccc2C)cc1F. The maximum atomic E-state index is 13.7. The number of aryl methyl sites for hydroxylation is 2. The first-order valence-electron chi connectivity index (χ1n) is 6.01. The minimum absolute atomic E-state index is 0.238. The highest BCUT2D eigenvalue weighted by Gasteiger charge is 2.16. The summed E-state index contributed by atoms with van der Waals surface area (Å²) in [6.07, 6.45) is 0. The zero-order chi connectivity index (χ0) is 14.0. The van der Waals surface area contributed by atoms with Gasteiger partial charge in [-0.2, -0.15) is 0 Å². The van der Waals surface area contributed by atoms with E-state index in [4.69, 9.17) is 17.4 Å². The molecule has 2 nitrogen and oxygen atoms in total. The normalized spacial score (nSPS) is 12.5. The fraction of sp³-hybridized carbons (Fsp3) is 0.200. The molecule has 2 rings (SSSR count). The van der Waals surface area contributed by atoms with Gasteiger partial charge in [0, 0.05) is 5.02 Å². The van der Waals surface area contributed by atoms with Crippen LogP contribution in [0.25, 0.3) is 0 Å². The smallest absolute Gasteiger partial charge is 0.126 e. The van der Waals surface area contributed by atoms with Crippen LogP contribution in [0, 0.1) is 19.7 Å². The van der Waals surface area contributed by atoms with E-state index < -0.39 is 0 Å². The molecule has 0 radical (unpaired) electrons. The molecule has 0 fully saturated rings. The molecule has 0 aliphatic carbocycles. The lowest BCUT2D eigenvalue weighted by atomic mass is 9.95. The second kappa shape index (κ2) is 5.70. The Kier molecular flexibility index (Phi) is 4.20. The Hall–Kier alpha value is -1.42. The first-order valence-corrected chi connectivity index (χ1v) is 6.39. The summed E-state index contributed by atoms with van der Waals surface area (Å²) in [5.41, 5.74) is 6.10. The van der Waals surface area contributed by atoms with Crippen molar-refractivity contribution in [2.45, 2.75) is 19.9 Å². The lowest BCUT2D eigenvalue weighted by molar-refractivity contribution is 0.598. The van der Waals surface area contributed by atoms with Crippen molar-refractivity contribution < 1.29 is 4.39 Å². The number of nitrogens with two attached hydrogens (primary N) is 1. The van der Waals surface area contributed by atoms with Gasteiger partial charge in [0.25, 0.3) is 0 Å². The number of benzene rings is 2. The summed E-state index contributed by atoms with van der Waals surface area (Å²) in [7, 11) is 0. The first kappa shape index (κ1) is 14.0. The summed E-state index contributed by atoms with van der Waals surface area (Å²) in [6, 6.07) is 10.4. The van der Waals surface area contributed by atoms with E-state index in [1.165, 1.54) is 6.07 Å². The molecule has 4 heteroatoms. The third-order valence-corrected chi connectivity index (χ3v) is 3.48. The summed E-state index contributed by atoms with van der Waals surface area (Å²) in [4.78, 5) is 0. The van der Waals surface area contributed by atoms with Gasteiger partial charge in [-0.25, -0.2) is 9.82 Å². The molecular formula is C15H16ClFN2. The molecule has 0 heterocycles. The molecule has 0 bridgehead atoms. The van der Waals surface area contributed by atoms with Crippen LogP contribution in [0.4, 0.5) is 4.39 Å². The first-order chi connectivity index (χ1) is 9.02. The molecule has 1 unspecified atom stereocenters. The van der Waals surface area contributed by atoms with E-state index in [1.54, 1.807) is 13.0 Å². The summed E-state index contributed by atoms with van der Waals surface area (Å²) in [5.74, 6) is 5.39. The van der Waals surface area contributed by atoms with Crippen molar-refractivity contribution in [3.63, 3.8) is 0 Å². The molecule has 0 amide bonds. The second-order valence-corrected chi connectivity index (χ2v) is 5.05. The van der Waals surface area contributed by atoms with Crippen LogP contribution >= 0.6 is 11.6 Å². The van der Waals surface area contributed by atoms with Crippen LogP contribution in [-0.2, 0) is 0 Å². The van der Waals surface area contributed by atoms with Crippen LogP contribution in [0.5, 0.6) is 0 Å².